The number of rotatable bonds is 5. The molecule has 1 unspecified atom stereocenters. The quantitative estimate of drug-likeness (QED) is 0.900. The first kappa shape index (κ1) is 15.3. The zero-order valence-electron chi connectivity index (χ0n) is 12.2. The molecule has 1 aromatic rings. The van der Waals surface area contributed by atoms with E-state index >= 15 is 0 Å². The largest absolute Gasteiger partial charge is 0.495 e. The Labute approximate surface area is 124 Å². The van der Waals surface area contributed by atoms with Crippen LogP contribution < -0.4 is 4.74 Å². The van der Waals surface area contributed by atoms with Crippen LogP contribution in [0.5, 0.6) is 5.75 Å². The van der Waals surface area contributed by atoms with E-state index in [1.165, 1.54) is 0 Å². The number of piperidine rings is 1. The van der Waals surface area contributed by atoms with E-state index in [0.29, 0.717) is 17.9 Å². The average Bonchev–Trinajstić information content (AvgIpc) is 2.48. The lowest BCUT2D eigenvalue weighted by atomic mass is 9.98. The van der Waals surface area contributed by atoms with Crippen LogP contribution in [0.2, 0.25) is 0 Å². The van der Waals surface area contributed by atoms with Crippen LogP contribution in [0.3, 0.4) is 0 Å². The van der Waals surface area contributed by atoms with Crippen molar-refractivity contribution < 1.29 is 14.6 Å². The van der Waals surface area contributed by atoms with E-state index in [2.05, 4.69) is 11.0 Å². The molecule has 1 heterocycles. The fraction of sp³-hybridized carbons (Fsp3) is 0.500. The van der Waals surface area contributed by atoms with Gasteiger partial charge in [-0.25, -0.2) is 0 Å². The lowest BCUT2D eigenvalue weighted by Gasteiger charge is -2.35. The maximum atomic E-state index is 11.0. The minimum atomic E-state index is -0.746. The summed E-state index contributed by atoms with van der Waals surface area (Å²) in [5, 5.41) is 18.0. The molecule has 0 amide bonds. The predicted octanol–water partition coefficient (Wildman–Crippen LogP) is 2.40. The summed E-state index contributed by atoms with van der Waals surface area (Å²) in [4.78, 5) is 13.2. The summed E-state index contributed by atoms with van der Waals surface area (Å²) >= 11 is 0. The number of likely N-dealkylation sites (tertiary alicyclic amines) is 1. The SMILES string of the molecule is COc1cc(CN2CCCCC2CC(=O)O)ccc1C#N. The first-order valence-electron chi connectivity index (χ1n) is 7.17. The Kier molecular flexibility index (Phi) is 5.18. The molecule has 112 valence electrons. The molecule has 1 aromatic carbocycles. The van der Waals surface area contributed by atoms with Crippen molar-refractivity contribution >= 4 is 5.97 Å². The highest BCUT2D eigenvalue weighted by Crippen LogP contribution is 2.25. The standard InChI is InChI=1S/C16H20N2O3/c1-21-15-8-12(5-6-13(15)10-17)11-18-7-3-2-4-14(18)9-16(19)20/h5-6,8,14H,2-4,7,9,11H2,1H3,(H,19,20). The van der Waals surface area contributed by atoms with Crippen molar-refractivity contribution in [3.63, 3.8) is 0 Å². The van der Waals surface area contributed by atoms with Crippen LogP contribution in [0.15, 0.2) is 18.2 Å². The summed E-state index contributed by atoms with van der Waals surface area (Å²) in [5.41, 5.74) is 1.56. The lowest BCUT2D eigenvalue weighted by Crippen LogP contribution is -2.40. The van der Waals surface area contributed by atoms with Crippen LogP contribution in [0.1, 0.15) is 36.8 Å². The molecular formula is C16H20N2O3. The number of carboxylic acids is 1. The summed E-state index contributed by atoms with van der Waals surface area (Å²) in [7, 11) is 1.55. The normalized spacial score (nSPS) is 19.0. The molecule has 5 heteroatoms. The molecule has 1 N–H and O–H groups in total. The van der Waals surface area contributed by atoms with Crippen LogP contribution in [0, 0.1) is 11.3 Å². The highest BCUT2D eigenvalue weighted by atomic mass is 16.5. The first-order valence-corrected chi connectivity index (χ1v) is 7.17. The van der Waals surface area contributed by atoms with Crippen molar-refractivity contribution in [3.8, 4) is 11.8 Å². The molecule has 2 rings (SSSR count). The Morgan fingerprint density at radius 2 is 2.33 bits per heavy atom. The molecule has 0 aromatic heterocycles. The summed E-state index contributed by atoms with van der Waals surface area (Å²) in [6, 6.07) is 7.72. The molecule has 0 saturated carbocycles. The van der Waals surface area contributed by atoms with Gasteiger partial charge in [0.15, 0.2) is 0 Å². The topological polar surface area (TPSA) is 73.6 Å². The number of hydrogen-bond acceptors (Lipinski definition) is 4. The lowest BCUT2D eigenvalue weighted by molar-refractivity contribution is -0.138. The van der Waals surface area contributed by atoms with E-state index in [1.54, 1.807) is 13.2 Å². The molecule has 21 heavy (non-hydrogen) atoms. The molecule has 0 aliphatic carbocycles. The second-order valence-corrected chi connectivity index (χ2v) is 5.36. The van der Waals surface area contributed by atoms with Gasteiger partial charge in [-0.15, -0.1) is 0 Å². The maximum absolute atomic E-state index is 11.0. The molecule has 5 nitrogen and oxygen atoms in total. The number of nitriles is 1. The number of nitrogens with zero attached hydrogens (tertiary/aromatic N) is 2. The second kappa shape index (κ2) is 7.09. The molecule has 1 saturated heterocycles. The van der Waals surface area contributed by atoms with Crippen molar-refractivity contribution in [2.75, 3.05) is 13.7 Å². The Morgan fingerprint density at radius 1 is 1.52 bits per heavy atom. The summed E-state index contributed by atoms with van der Waals surface area (Å²) in [6.07, 6.45) is 3.31. The Bertz CT molecular complexity index is 551. The van der Waals surface area contributed by atoms with Gasteiger partial charge in [0.1, 0.15) is 11.8 Å². The highest BCUT2D eigenvalue weighted by molar-refractivity contribution is 5.67. The van der Waals surface area contributed by atoms with Gasteiger partial charge in [0.2, 0.25) is 0 Å². The van der Waals surface area contributed by atoms with Crippen LogP contribution in [-0.2, 0) is 11.3 Å². The Hall–Kier alpha value is -2.06. The predicted molar refractivity (Wildman–Crippen MR) is 78.0 cm³/mol. The van der Waals surface area contributed by atoms with E-state index in [0.717, 1.165) is 31.4 Å². The van der Waals surface area contributed by atoms with E-state index in [9.17, 15) is 4.79 Å². The van der Waals surface area contributed by atoms with Gasteiger partial charge in [-0.1, -0.05) is 12.5 Å². The molecular weight excluding hydrogens is 268 g/mol. The zero-order chi connectivity index (χ0) is 15.2. The monoisotopic (exact) mass is 288 g/mol. The van der Waals surface area contributed by atoms with Crippen molar-refractivity contribution in [2.45, 2.75) is 38.3 Å². The van der Waals surface area contributed by atoms with Gasteiger partial charge in [-0.05, 0) is 37.1 Å². The number of hydrogen-bond donors (Lipinski definition) is 1. The van der Waals surface area contributed by atoms with E-state index in [1.807, 2.05) is 12.1 Å². The van der Waals surface area contributed by atoms with Gasteiger partial charge >= 0.3 is 5.97 Å². The van der Waals surface area contributed by atoms with E-state index in [-0.39, 0.29) is 12.5 Å². The summed E-state index contributed by atoms with van der Waals surface area (Å²) in [5.74, 6) is -0.175. The third-order valence-corrected chi connectivity index (χ3v) is 3.93. The number of methoxy groups -OCH3 is 1. The molecule has 1 atom stereocenters. The molecule has 0 bridgehead atoms. The summed E-state index contributed by atoms with van der Waals surface area (Å²) in [6.45, 7) is 1.61. The average molecular weight is 288 g/mol. The molecule has 0 spiro atoms. The molecule has 1 fully saturated rings. The van der Waals surface area contributed by atoms with Gasteiger partial charge in [0.25, 0.3) is 0 Å². The van der Waals surface area contributed by atoms with Crippen molar-refractivity contribution in [1.29, 1.82) is 5.26 Å². The van der Waals surface area contributed by atoms with Crippen molar-refractivity contribution in [1.82, 2.24) is 4.90 Å². The van der Waals surface area contributed by atoms with Crippen LogP contribution >= 0.6 is 0 Å². The summed E-state index contributed by atoms with van der Waals surface area (Å²) < 4.78 is 5.22. The Morgan fingerprint density at radius 3 is 3.00 bits per heavy atom. The smallest absolute Gasteiger partial charge is 0.304 e. The number of benzene rings is 1. The van der Waals surface area contributed by atoms with E-state index < -0.39 is 5.97 Å². The minimum absolute atomic E-state index is 0.0953. The molecule has 0 radical (unpaired) electrons. The van der Waals surface area contributed by atoms with Crippen LogP contribution in [0.4, 0.5) is 0 Å². The van der Waals surface area contributed by atoms with Gasteiger partial charge in [-0.3, -0.25) is 9.69 Å². The molecule has 1 aliphatic rings. The second-order valence-electron chi connectivity index (χ2n) is 5.36. The number of carboxylic acid groups (broad SMARTS) is 1. The third kappa shape index (κ3) is 3.96. The van der Waals surface area contributed by atoms with Crippen molar-refractivity contribution in [3.05, 3.63) is 29.3 Å². The van der Waals surface area contributed by atoms with Gasteiger partial charge in [0, 0.05) is 12.6 Å². The fourth-order valence-electron chi connectivity index (χ4n) is 2.86. The first-order chi connectivity index (χ1) is 10.1. The highest BCUT2D eigenvalue weighted by Gasteiger charge is 2.24. The van der Waals surface area contributed by atoms with Gasteiger partial charge < -0.3 is 9.84 Å². The number of aliphatic carboxylic acids is 1. The zero-order valence-corrected chi connectivity index (χ0v) is 12.2. The number of ether oxygens (including phenoxy) is 1. The molecule has 1 aliphatic heterocycles. The van der Waals surface area contributed by atoms with Crippen LogP contribution in [-0.4, -0.2) is 35.7 Å². The maximum Gasteiger partial charge on any atom is 0.304 e. The van der Waals surface area contributed by atoms with Gasteiger partial charge in [-0.2, -0.15) is 5.26 Å². The van der Waals surface area contributed by atoms with Crippen molar-refractivity contribution in [2.24, 2.45) is 0 Å². The number of carbonyl (C=O) groups is 1. The van der Waals surface area contributed by atoms with Gasteiger partial charge in [0.05, 0.1) is 19.1 Å². The minimum Gasteiger partial charge on any atom is -0.495 e. The third-order valence-electron chi connectivity index (χ3n) is 3.93. The Balaban J connectivity index is 2.12. The van der Waals surface area contributed by atoms with E-state index in [4.69, 9.17) is 15.1 Å². The van der Waals surface area contributed by atoms with Crippen LogP contribution in [0.25, 0.3) is 0 Å². The fourth-order valence-corrected chi connectivity index (χ4v) is 2.86.